The maximum absolute atomic E-state index is 11.0. The summed E-state index contributed by atoms with van der Waals surface area (Å²) in [7, 11) is 0. The van der Waals surface area contributed by atoms with Crippen molar-refractivity contribution >= 4 is 0 Å². The van der Waals surface area contributed by atoms with Gasteiger partial charge in [-0.3, -0.25) is 0 Å². The van der Waals surface area contributed by atoms with Gasteiger partial charge in [-0.1, -0.05) is 29.8 Å². The van der Waals surface area contributed by atoms with E-state index >= 15 is 0 Å². The van der Waals surface area contributed by atoms with E-state index in [1.165, 1.54) is 31.4 Å². The molecule has 1 unspecified atom stereocenters. The fraction of sp³-hybridized carbons (Fsp3) is 0.600. The first-order valence-electron chi connectivity index (χ1n) is 6.84. The monoisotopic (exact) mass is 232 g/mol. The van der Waals surface area contributed by atoms with E-state index in [9.17, 15) is 5.11 Å². The summed E-state index contributed by atoms with van der Waals surface area (Å²) < 4.78 is 0. The van der Waals surface area contributed by atoms with Gasteiger partial charge in [-0.25, -0.2) is 0 Å². The van der Waals surface area contributed by atoms with E-state index < -0.39 is 5.60 Å². The Bertz CT molecular complexity index is 400. The van der Waals surface area contributed by atoms with E-state index in [0.29, 0.717) is 6.04 Å². The predicted octanol–water partition coefficient (Wildman–Crippen LogP) is 1.02. The number of piperidine rings is 1. The number of rotatable bonds is 1. The third kappa shape index (κ3) is 1.80. The number of hydrogen-bond acceptors (Lipinski definition) is 1. The summed E-state index contributed by atoms with van der Waals surface area (Å²) in [5.74, 6) is 0. The Kier molecular flexibility index (Phi) is 2.72. The number of hydrogen-bond donors (Lipinski definition) is 2. The minimum Gasteiger partial charge on any atom is -0.379 e. The molecule has 17 heavy (non-hydrogen) atoms. The summed E-state index contributed by atoms with van der Waals surface area (Å²) in [5.41, 5.74) is 1.83. The zero-order chi connectivity index (χ0) is 11.9. The summed E-state index contributed by atoms with van der Waals surface area (Å²) in [5, 5.41) is 11.0. The number of aliphatic hydroxyl groups is 1. The molecule has 2 saturated heterocycles. The van der Waals surface area contributed by atoms with Gasteiger partial charge in [-0.15, -0.1) is 0 Å². The van der Waals surface area contributed by atoms with Crippen LogP contribution in [0.1, 0.15) is 36.8 Å². The Morgan fingerprint density at radius 2 is 1.94 bits per heavy atom. The molecule has 2 aliphatic heterocycles. The average Bonchev–Trinajstić information content (AvgIpc) is 2.70. The standard InChI is InChI=1S/C15H21NO/c1-12-5-7-13(8-6-12)15(17)9-11-16-10-3-2-4-14(15)16/h5-8,14,17H,2-4,9-11H2,1H3/p+1/t14-,15-/m1/s1. The highest BCUT2D eigenvalue weighted by Gasteiger charge is 2.51. The molecule has 3 atom stereocenters. The third-order valence-electron chi connectivity index (χ3n) is 4.69. The second kappa shape index (κ2) is 4.11. The lowest BCUT2D eigenvalue weighted by molar-refractivity contribution is -0.921. The number of benzene rings is 1. The Balaban J connectivity index is 1.92. The van der Waals surface area contributed by atoms with Crippen molar-refractivity contribution < 1.29 is 10.0 Å². The molecule has 1 aromatic rings. The molecule has 2 heteroatoms. The lowest BCUT2D eigenvalue weighted by Crippen LogP contribution is -3.15. The van der Waals surface area contributed by atoms with Crippen molar-refractivity contribution in [3.05, 3.63) is 35.4 Å². The fourth-order valence-electron chi connectivity index (χ4n) is 3.67. The van der Waals surface area contributed by atoms with Gasteiger partial charge in [0.2, 0.25) is 0 Å². The van der Waals surface area contributed by atoms with Gasteiger partial charge in [0.15, 0.2) is 0 Å². The number of aryl methyl sites for hydroxylation is 1. The van der Waals surface area contributed by atoms with Gasteiger partial charge < -0.3 is 10.0 Å². The highest BCUT2D eigenvalue weighted by Crippen LogP contribution is 2.34. The molecule has 2 N–H and O–H groups in total. The normalized spacial score (nSPS) is 36.8. The van der Waals surface area contributed by atoms with Crippen LogP contribution < -0.4 is 4.90 Å². The summed E-state index contributed by atoms with van der Waals surface area (Å²) >= 11 is 0. The molecule has 0 aromatic heterocycles. The smallest absolute Gasteiger partial charge is 0.146 e. The zero-order valence-electron chi connectivity index (χ0n) is 10.6. The van der Waals surface area contributed by atoms with Crippen molar-refractivity contribution in [1.82, 2.24) is 0 Å². The second-order valence-electron chi connectivity index (χ2n) is 5.75. The lowest BCUT2D eigenvalue weighted by atomic mass is 9.83. The SMILES string of the molecule is Cc1ccc([C@]2(O)CC[NH+]3CCCC[C@@H]32)cc1. The molecule has 2 fully saturated rings. The van der Waals surface area contributed by atoms with Crippen molar-refractivity contribution in [2.24, 2.45) is 0 Å². The molecule has 0 saturated carbocycles. The van der Waals surface area contributed by atoms with E-state index in [-0.39, 0.29) is 0 Å². The van der Waals surface area contributed by atoms with Crippen LogP contribution in [0.3, 0.4) is 0 Å². The van der Waals surface area contributed by atoms with Crippen molar-refractivity contribution in [2.45, 2.75) is 44.2 Å². The molecule has 0 spiro atoms. The van der Waals surface area contributed by atoms with Crippen molar-refractivity contribution in [3.63, 3.8) is 0 Å². The number of nitrogens with one attached hydrogen (secondary N) is 1. The first-order valence-corrected chi connectivity index (χ1v) is 6.84. The molecule has 2 heterocycles. The molecule has 0 amide bonds. The van der Waals surface area contributed by atoms with Crippen molar-refractivity contribution in [1.29, 1.82) is 0 Å². The van der Waals surface area contributed by atoms with Crippen LogP contribution >= 0.6 is 0 Å². The molecule has 2 aliphatic rings. The highest BCUT2D eigenvalue weighted by atomic mass is 16.3. The van der Waals surface area contributed by atoms with Gasteiger partial charge >= 0.3 is 0 Å². The summed E-state index contributed by atoms with van der Waals surface area (Å²) in [6.45, 7) is 4.48. The first kappa shape index (κ1) is 11.2. The van der Waals surface area contributed by atoms with Gasteiger partial charge in [0.05, 0.1) is 13.1 Å². The Morgan fingerprint density at radius 3 is 2.71 bits per heavy atom. The zero-order valence-corrected chi connectivity index (χ0v) is 10.6. The van der Waals surface area contributed by atoms with Gasteiger partial charge in [0.25, 0.3) is 0 Å². The number of quaternary nitrogens is 1. The Labute approximate surface area is 103 Å². The minimum atomic E-state index is -0.566. The number of fused-ring (bicyclic) bond motifs is 1. The second-order valence-corrected chi connectivity index (χ2v) is 5.75. The molecule has 1 aromatic carbocycles. The fourth-order valence-corrected chi connectivity index (χ4v) is 3.67. The summed E-state index contributed by atoms with van der Waals surface area (Å²) in [4.78, 5) is 1.62. The quantitative estimate of drug-likeness (QED) is 0.742. The molecule has 0 aliphatic carbocycles. The van der Waals surface area contributed by atoms with Crippen LogP contribution in [-0.4, -0.2) is 24.2 Å². The molecule has 3 rings (SSSR count). The van der Waals surface area contributed by atoms with E-state index in [1.54, 1.807) is 4.90 Å². The molecule has 92 valence electrons. The maximum atomic E-state index is 11.0. The highest BCUT2D eigenvalue weighted by molar-refractivity contribution is 5.28. The molecular weight excluding hydrogens is 210 g/mol. The largest absolute Gasteiger partial charge is 0.379 e. The molecule has 0 bridgehead atoms. The third-order valence-corrected chi connectivity index (χ3v) is 4.69. The van der Waals surface area contributed by atoms with Crippen LogP contribution in [0, 0.1) is 6.92 Å². The van der Waals surface area contributed by atoms with Crippen LogP contribution in [-0.2, 0) is 5.60 Å². The Hall–Kier alpha value is -0.860. The molecule has 0 radical (unpaired) electrons. The van der Waals surface area contributed by atoms with Gasteiger partial charge in [0.1, 0.15) is 11.6 Å². The van der Waals surface area contributed by atoms with E-state index in [0.717, 1.165) is 18.5 Å². The maximum Gasteiger partial charge on any atom is 0.146 e. The van der Waals surface area contributed by atoms with Crippen LogP contribution in [0.2, 0.25) is 0 Å². The average molecular weight is 232 g/mol. The van der Waals surface area contributed by atoms with Crippen LogP contribution in [0.5, 0.6) is 0 Å². The van der Waals surface area contributed by atoms with Gasteiger partial charge in [-0.05, 0) is 25.3 Å². The lowest BCUT2D eigenvalue weighted by Gasteiger charge is -2.34. The predicted molar refractivity (Wildman–Crippen MR) is 68.0 cm³/mol. The van der Waals surface area contributed by atoms with Gasteiger partial charge in [0, 0.05) is 12.8 Å². The first-order chi connectivity index (χ1) is 8.20. The van der Waals surface area contributed by atoms with Crippen LogP contribution in [0.15, 0.2) is 24.3 Å². The molecular formula is C15H22NO+. The van der Waals surface area contributed by atoms with Crippen LogP contribution in [0.4, 0.5) is 0 Å². The summed E-state index contributed by atoms with van der Waals surface area (Å²) in [6.07, 6.45) is 4.72. The van der Waals surface area contributed by atoms with Crippen molar-refractivity contribution in [3.8, 4) is 0 Å². The van der Waals surface area contributed by atoms with E-state index in [1.807, 2.05) is 0 Å². The van der Waals surface area contributed by atoms with E-state index in [4.69, 9.17) is 0 Å². The van der Waals surface area contributed by atoms with Crippen molar-refractivity contribution in [2.75, 3.05) is 13.1 Å². The summed E-state index contributed by atoms with van der Waals surface area (Å²) in [6, 6.07) is 8.90. The minimum absolute atomic E-state index is 0.430. The van der Waals surface area contributed by atoms with E-state index in [2.05, 4.69) is 31.2 Å². The molecule has 2 nitrogen and oxygen atoms in total. The van der Waals surface area contributed by atoms with Crippen LogP contribution in [0.25, 0.3) is 0 Å². The van der Waals surface area contributed by atoms with Gasteiger partial charge in [-0.2, -0.15) is 0 Å². The topological polar surface area (TPSA) is 24.7 Å². The Morgan fingerprint density at radius 1 is 1.18 bits per heavy atom.